The van der Waals surface area contributed by atoms with Gasteiger partial charge in [0, 0.05) is 0 Å². The quantitative estimate of drug-likeness (QED) is 0.758. The zero-order valence-electron chi connectivity index (χ0n) is 10.9. The highest BCUT2D eigenvalue weighted by Crippen LogP contribution is 2.11. The fourth-order valence-electron chi connectivity index (χ4n) is 1.72. The van der Waals surface area contributed by atoms with Crippen LogP contribution in [-0.4, -0.2) is 23.2 Å². The minimum absolute atomic E-state index is 0.0895. The Hall–Kier alpha value is -1.55. The molecular formula is C14H21NO3. The van der Waals surface area contributed by atoms with Gasteiger partial charge in [-0.1, -0.05) is 25.5 Å². The molecule has 0 aliphatic rings. The Balaban J connectivity index is 2.46. The van der Waals surface area contributed by atoms with Crippen molar-refractivity contribution in [1.29, 1.82) is 0 Å². The number of nitrogens with two attached hydrogens (primary N) is 1. The van der Waals surface area contributed by atoms with Crippen molar-refractivity contribution >= 4 is 5.97 Å². The molecule has 2 atom stereocenters. The minimum Gasteiger partial charge on any atom is -0.508 e. The molecule has 1 rings (SSSR count). The Labute approximate surface area is 108 Å². The number of carbonyl (C=O) groups is 1. The summed E-state index contributed by atoms with van der Waals surface area (Å²) in [6, 6.07) is 5.99. The number of ether oxygens (including phenoxy) is 1. The van der Waals surface area contributed by atoms with Crippen molar-refractivity contribution in [3.8, 4) is 5.75 Å². The highest BCUT2D eigenvalue weighted by Gasteiger charge is 2.18. The van der Waals surface area contributed by atoms with Gasteiger partial charge in [0.05, 0.1) is 6.10 Å². The van der Waals surface area contributed by atoms with Crippen molar-refractivity contribution in [3.05, 3.63) is 29.8 Å². The molecule has 0 amide bonds. The summed E-state index contributed by atoms with van der Waals surface area (Å²) in [5.74, 6) is -0.171. The smallest absolute Gasteiger partial charge is 0.323 e. The first-order valence-corrected chi connectivity index (χ1v) is 6.27. The van der Waals surface area contributed by atoms with E-state index in [9.17, 15) is 4.79 Å². The molecule has 1 unspecified atom stereocenters. The van der Waals surface area contributed by atoms with Gasteiger partial charge in [0.2, 0.25) is 0 Å². The van der Waals surface area contributed by atoms with E-state index in [4.69, 9.17) is 15.6 Å². The Kier molecular flexibility index (Phi) is 5.65. The average Bonchev–Trinajstić information content (AvgIpc) is 2.32. The van der Waals surface area contributed by atoms with Gasteiger partial charge < -0.3 is 15.6 Å². The van der Waals surface area contributed by atoms with Crippen molar-refractivity contribution in [2.75, 3.05) is 0 Å². The van der Waals surface area contributed by atoms with Gasteiger partial charge >= 0.3 is 5.97 Å². The van der Waals surface area contributed by atoms with Gasteiger partial charge in [-0.25, -0.2) is 0 Å². The van der Waals surface area contributed by atoms with Crippen LogP contribution in [0.2, 0.25) is 0 Å². The normalized spacial score (nSPS) is 13.9. The molecule has 1 aromatic rings. The predicted molar refractivity (Wildman–Crippen MR) is 70.2 cm³/mol. The molecule has 0 spiro atoms. The summed E-state index contributed by atoms with van der Waals surface area (Å²) in [6.45, 7) is 3.91. The van der Waals surface area contributed by atoms with Crippen LogP contribution in [0.1, 0.15) is 32.3 Å². The molecule has 3 N–H and O–H groups in total. The van der Waals surface area contributed by atoms with Crippen LogP contribution in [-0.2, 0) is 16.0 Å². The Morgan fingerprint density at radius 2 is 2.00 bits per heavy atom. The largest absolute Gasteiger partial charge is 0.508 e. The highest BCUT2D eigenvalue weighted by molar-refractivity contribution is 5.76. The standard InChI is InChI=1S/C14H21NO3/c1-3-4-10(2)18-14(17)13(15)9-11-5-7-12(16)8-6-11/h5-8,10,13,16H,3-4,9,15H2,1-2H3/t10?,13-/m0/s1. The van der Waals surface area contributed by atoms with Crippen molar-refractivity contribution in [1.82, 2.24) is 0 Å². The van der Waals surface area contributed by atoms with Crippen LogP contribution in [0.3, 0.4) is 0 Å². The second kappa shape index (κ2) is 7.01. The van der Waals surface area contributed by atoms with Gasteiger partial charge in [0.1, 0.15) is 11.8 Å². The molecule has 0 aliphatic carbocycles. The van der Waals surface area contributed by atoms with Gasteiger partial charge in [-0.3, -0.25) is 4.79 Å². The van der Waals surface area contributed by atoms with Gasteiger partial charge in [-0.2, -0.15) is 0 Å². The lowest BCUT2D eigenvalue weighted by Gasteiger charge is -2.16. The van der Waals surface area contributed by atoms with Crippen LogP contribution in [0.25, 0.3) is 0 Å². The summed E-state index contributed by atoms with van der Waals surface area (Å²) in [6.07, 6.45) is 2.14. The van der Waals surface area contributed by atoms with E-state index in [0.717, 1.165) is 18.4 Å². The van der Waals surface area contributed by atoms with Gasteiger partial charge in [-0.15, -0.1) is 0 Å². The molecule has 0 aromatic heterocycles. The summed E-state index contributed by atoms with van der Waals surface area (Å²) >= 11 is 0. The van der Waals surface area contributed by atoms with E-state index in [1.165, 1.54) is 0 Å². The Bertz CT molecular complexity index is 375. The van der Waals surface area contributed by atoms with Crippen LogP contribution in [0, 0.1) is 0 Å². The third kappa shape index (κ3) is 4.75. The van der Waals surface area contributed by atoms with E-state index in [2.05, 4.69) is 0 Å². The number of carbonyl (C=O) groups excluding carboxylic acids is 1. The second-order valence-electron chi connectivity index (χ2n) is 4.51. The summed E-state index contributed by atoms with van der Waals surface area (Å²) < 4.78 is 5.24. The first-order valence-electron chi connectivity index (χ1n) is 6.27. The highest BCUT2D eigenvalue weighted by atomic mass is 16.5. The van der Waals surface area contributed by atoms with Crippen molar-refractivity contribution in [3.63, 3.8) is 0 Å². The molecule has 0 saturated heterocycles. The lowest BCUT2D eigenvalue weighted by atomic mass is 10.1. The van der Waals surface area contributed by atoms with Gasteiger partial charge in [0.15, 0.2) is 0 Å². The Morgan fingerprint density at radius 3 is 2.56 bits per heavy atom. The predicted octanol–water partition coefficient (Wildman–Crippen LogP) is 1.99. The molecule has 0 saturated carbocycles. The molecule has 0 aliphatic heterocycles. The maximum Gasteiger partial charge on any atom is 0.323 e. The molecule has 0 radical (unpaired) electrons. The fraction of sp³-hybridized carbons (Fsp3) is 0.500. The minimum atomic E-state index is -0.658. The second-order valence-corrected chi connectivity index (χ2v) is 4.51. The van der Waals surface area contributed by atoms with Gasteiger partial charge in [-0.05, 0) is 37.5 Å². The summed E-state index contributed by atoms with van der Waals surface area (Å²) in [5.41, 5.74) is 6.70. The van der Waals surface area contributed by atoms with Crippen LogP contribution in [0.4, 0.5) is 0 Å². The molecule has 0 fully saturated rings. The third-order valence-electron chi connectivity index (χ3n) is 2.71. The molecule has 0 heterocycles. The topological polar surface area (TPSA) is 72.5 Å². The van der Waals surface area contributed by atoms with E-state index in [0.29, 0.717) is 6.42 Å². The van der Waals surface area contributed by atoms with Crippen LogP contribution < -0.4 is 5.73 Å². The Morgan fingerprint density at radius 1 is 1.39 bits per heavy atom. The molecule has 100 valence electrons. The average molecular weight is 251 g/mol. The number of phenols is 1. The molecule has 1 aromatic carbocycles. The van der Waals surface area contributed by atoms with Crippen LogP contribution in [0.15, 0.2) is 24.3 Å². The zero-order chi connectivity index (χ0) is 13.5. The SMILES string of the molecule is CCCC(C)OC(=O)[C@@H](N)Cc1ccc(O)cc1. The summed E-state index contributed by atoms with van der Waals surface area (Å²) in [7, 11) is 0. The number of aromatic hydroxyl groups is 1. The number of phenolic OH excluding ortho intramolecular Hbond substituents is 1. The molecule has 0 bridgehead atoms. The van der Waals surface area contributed by atoms with E-state index in [-0.39, 0.29) is 17.8 Å². The monoisotopic (exact) mass is 251 g/mol. The van der Waals surface area contributed by atoms with Crippen molar-refractivity contribution in [2.24, 2.45) is 5.73 Å². The van der Waals surface area contributed by atoms with E-state index in [1.807, 2.05) is 13.8 Å². The van der Waals surface area contributed by atoms with Crippen molar-refractivity contribution < 1.29 is 14.6 Å². The first-order chi connectivity index (χ1) is 8.52. The van der Waals surface area contributed by atoms with Crippen molar-refractivity contribution in [2.45, 2.75) is 45.3 Å². The molecular weight excluding hydrogens is 230 g/mol. The van der Waals surface area contributed by atoms with E-state index >= 15 is 0 Å². The zero-order valence-corrected chi connectivity index (χ0v) is 10.9. The number of hydrogen-bond donors (Lipinski definition) is 2. The first kappa shape index (κ1) is 14.5. The fourth-order valence-corrected chi connectivity index (χ4v) is 1.72. The number of esters is 1. The number of hydrogen-bond acceptors (Lipinski definition) is 4. The molecule has 18 heavy (non-hydrogen) atoms. The maximum atomic E-state index is 11.7. The lowest BCUT2D eigenvalue weighted by Crippen LogP contribution is -2.36. The summed E-state index contributed by atoms with van der Waals surface area (Å²) in [4.78, 5) is 11.7. The number of rotatable bonds is 6. The van der Waals surface area contributed by atoms with E-state index in [1.54, 1.807) is 24.3 Å². The van der Waals surface area contributed by atoms with Crippen LogP contribution >= 0.6 is 0 Å². The number of benzene rings is 1. The van der Waals surface area contributed by atoms with Crippen LogP contribution in [0.5, 0.6) is 5.75 Å². The molecule has 4 nitrogen and oxygen atoms in total. The summed E-state index contributed by atoms with van der Waals surface area (Å²) in [5, 5.41) is 9.16. The third-order valence-corrected chi connectivity index (χ3v) is 2.71. The van der Waals surface area contributed by atoms with E-state index < -0.39 is 6.04 Å². The lowest BCUT2D eigenvalue weighted by molar-refractivity contribution is -0.150. The molecule has 4 heteroatoms. The van der Waals surface area contributed by atoms with Gasteiger partial charge in [0.25, 0.3) is 0 Å². The maximum absolute atomic E-state index is 11.7.